The third-order valence-electron chi connectivity index (χ3n) is 3.93. The van der Waals surface area contributed by atoms with Crippen molar-refractivity contribution in [2.75, 3.05) is 11.9 Å². The Hall–Kier alpha value is -2.99. The van der Waals surface area contributed by atoms with Gasteiger partial charge in [-0.15, -0.1) is 10.2 Å². The molecule has 0 atom stereocenters. The highest BCUT2D eigenvalue weighted by Gasteiger charge is 2.08. The lowest BCUT2D eigenvalue weighted by molar-refractivity contribution is 0.0948. The van der Waals surface area contributed by atoms with Gasteiger partial charge in [-0.3, -0.25) is 4.79 Å². The number of carbonyl (C=O) groups excluding carboxylic acids is 1. The van der Waals surface area contributed by atoms with Crippen LogP contribution in [-0.2, 0) is 13.0 Å². The molecule has 0 unspecified atom stereocenters. The summed E-state index contributed by atoms with van der Waals surface area (Å²) < 4.78 is 13.6. The van der Waals surface area contributed by atoms with Crippen LogP contribution in [-0.4, -0.2) is 22.6 Å². The van der Waals surface area contributed by atoms with Crippen LogP contribution in [0.1, 0.15) is 21.6 Å². The minimum absolute atomic E-state index is 0.225. The van der Waals surface area contributed by atoms with Crippen molar-refractivity contribution >= 4 is 23.3 Å². The lowest BCUT2D eigenvalue weighted by Gasteiger charge is -2.07. The summed E-state index contributed by atoms with van der Waals surface area (Å²) in [5.74, 6) is -0.109. The number of carbonyl (C=O) groups is 1. The fourth-order valence-electron chi connectivity index (χ4n) is 2.44. The molecule has 138 valence electrons. The molecule has 0 aliphatic heterocycles. The van der Waals surface area contributed by atoms with Crippen molar-refractivity contribution in [1.29, 1.82) is 0 Å². The molecule has 2 N–H and O–H groups in total. The normalized spacial score (nSPS) is 10.4. The third-order valence-corrected chi connectivity index (χ3v) is 4.18. The van der Waals surface area contributed by atoms with Crippen LogP contribution in [0.25, 0.3) is 0 Å². The molecule has 0 saturated heterocycles. The average molecular weight is 385 g/mol. The van der Waals surface area contributed by atoms with E-state index in [1.165, 1.54) is 6.07 Å². The summed E-state index contributed by atoms with van der Waals surface area (Å²) >= 11 is 5.85. The summed E-state index contributed by atoms with van der Waals surface area (Å²) in [4.78, 5) is 12.1. The van der Waals surface area contributed by atoms with Crippen LogP contribution in [0.4, 0.5) is 10.2 Å². The number of amides is 1. The second kappa shape index (κ2) is 9.09. The predicted octanol–water partition coefficient (Wildman–Crippen LogP) is 3.85. The van der Waals surface area contributed by atoms with E-state index in [0.29, 0.717) is 29.4 Å². The summed E-state index contributed by atoms with van der Waals surface area (Å²) in [6.45, 7) is 0.767. The van der Waals surface area contributed by atoms with Gasteiger partial charge in [0.2, 0.25) is 0 Å². The summed E-state index contributed by atoms with van der Waals surface area (Å²) in [5, 5.41) is 14.3. The molecule has 0 spiro atoms. The van der Waals surface area contributed by atoms with Crippen molar-refractivity contribution < 1.29 is 9.18 Å². The van der Waals surface area contributed by atoms with E-state index < -0.39 is 0 Å². The van der Waals surface area contributed by atoms with Crippen molar-refractivity contribution in [2.24, 2.45) is 0 Å². The molecule has 3 aromatic rings. The maximum Gasteiger partial charge on any atom is 0.271 e. The van der Waals surface area contributed by atoms with E-state index in [4.69, 9.17) is 11.6 Å². The molecule has 0 radical (unpaired) electrons. The SMILES string of the molecule is O=C(NCCc1ccc(Cl)cc1)c1ccc(NCc2ccccc2F)nn1. The summed E-state index contributed by atoms with van der Waals surface area (Å²) in [5.41, 5.74) is 1.84. The fraction of sp³-hybridized carbons (Fsp3) is 0.150. The van der Waals surface area contributed by atoms with Crippen molar-refractivity contribution in [2.45, 2.75) is 13.0 Å². The third kappa shape index (κ3) is 5.49. The number of rotatable bonds is 7. The van der Waals surface area contributed by atoms with Gasteiger partial charge in [0.05, 0.1) is 0 Å². The zero-order chi connectivity index (χ0) is 19.1. The van der Waals surface area contributed by atoms with Gasteiger partial charge in [0.15, 0.2) is 5.69 Å². The number of halogens is 2. The Morgan fingerprint density at radius 3 is 2.48 bits per heavy atom. The van der Waals surface area contributed by atoms with Gasteiger partial charge < -0.3 is 10.6 Å². The van der Waals surface area contributed by atoms with Crippen LogP contribution in [0, 0.1) is 5.82 Å². The minimum Gasteiger partial charge on any atom is -0.364 e. The van der Waals surface area contributed by atoms with Crippen LogP contribution in [0.5, 0.6) is 0 Å². The van der Waals surface area contributed by atoms with E-state index in [9.17, 15) is 9.18 Å². The van der Waals surface area contributed by atoms with Crippen molar-refractivity contribution in [3.63, 3.8) is 0 Å². The molecule has 1 amide bonds. The van der Waals surface area contributed by atoms with Crippen LogP contribution in [0.15, 0.2) is 60.7 Å². The first-order valence-corrected chi connectivity index (χ1v) is 8.83. The molecule has 3 rings (SSSR count). The zero-order valence-corrected chi connectivity index (χ0v) is 15.2. The quantitative estimate of drug-likeness (QED) is 0.649. The van der Waals surface area contributed by atoms with Gasteiger partial charge in [0.1, 0.15) is 11.6 Å². The molecule has 0 bridgehead atoms. The highest BCUT2D eigenvalue weighted by atomic mass is 35.5. The van der Waals surface area contributed by atoms with Gasteiger partial charge in [-0.25, -0.2) is 4.39 Å². The molecule has 0 aliphatic carbocycles. The Morgan fingerprint density at radius 1 is 1.00 bits per heavy atom. The molecule has 27 heavy (non-hydrogen) atoms. The van der Waals surface area contributed by atoms with Gasteiger partial charge in [-0.2, -0.15) is 0 Å². The van der Waals surface area contributed by atoms with Crippen molar-refractivity contribution in [3.8, 4) is 0 Å². The standard InChI is InChI=1S/C20H18ClFN4O/c21-16-7-5-14(6-8-16)11-12-23-20(27)18-9-10-19(26-25-18)24-13-15-3-1-2-4-17(15)22/h1-10H,11-13H2,(H,23,27)(H,24,26). The van der Waals surface area contributed by atoms with Crippen LogP contribution >= 0.6 is 11.6 Å². The molecule has 1 aromatic heterocycles. The number of nitrogens with one attached hydrogen (secondary N) is 2. The molecule has 7 heteroatoms. The van der Waals surface area contributed by atoms with Crippen LogP contribution in [0.3, 0.4) is 0 Å². The van der Waals surface area contributed by atoms with E-state index >= 15 is 0 Å². The first-order chi connectivity index (χ1) is 13.1. The molecule has 1 heterocycles. The molecule has 0 fully saturated rings. The summed E-state index contributed by atoms with van der Waals surface area (Å²) in [7, 11) is 0. The molecule has 2 aromatic carbocycles. The summed E-state index contributed by atoms with van der Waals surface area (Å²) in [6, 6.07) is 17.2. The van der Waals surface area contributed by atoms with Gasteiger partial charge in [-0.05, 0) is 42.3 Å². The Morgan fingerprint density at radius 2 is 1.78 bits per heavy atom. The number of nitrogens with zero attached hydrogens (tertiary/aromatic N) is 2. The second-order valence-corrected chi connectivity index (χ2v) is 6.32. The van der Waals surface area contributed by atoms with Gasteiger partial charge in [-0.1, -0.05) is 41.9 Å². The van der Waals surface area contributed by atoms with Crippen molar-refractivity contribution in [1.82, 2.24) is 15.5 Å². The monoisotopic (exact) mass is 384 g/mol. The van der Waals surface area contributed by atoms with Crippen molar-refractivity contribution in [3.05, 3.63) is 88.3 Å². The smallest absolute Gasteiger partial charge is 0.271 e. The molecular formula is C20H18ClFN4O. The lowest BCUT2D eigenvalue weighted by atomic mass is 10.1. The largest absolute Gasteiger partial charge is 0.364 e. The molecule has 0 aliphatic rings. The average Bonchev–Trinajstić information content (AvgIpc) is 2.69. The topological polar surface area (TPSA) is 66.9 Å². The molecule has 5 nitrogen and oxygen atoms in total. The number of aromatic nitrogens is 2. The first-order valence-electron chi connectivity index (χ1n) is 8.45. The van der Waals surface area contributed by atoms with Crippen LogP contribution < -0.4 is 10.6 Å². The number of hydrogen-bond acceptors (Lipinski definition) is 4. The Bertz CT molecular complexity index is 901. The number of benzene rings is 2. The highest BCUT2D eigenvalue weighted by molar-refractivity contribution is 6.30. The van der Waals surface area contributed by atoms with E-state index in [1.54, 1.807) is 30.3 Å². The van der Waals surface area contributed by atoms with E-state index in [1.807, 2.05) is 24.3 Å². The maximum absolute atomic E-state index is 13.6. The van der Waals surface area contributed by atoms with E-state index in [-0.39, 0.29) is 24.0 Å². The minimum atomic E-state index is -0.294. The fourth-order valence-corrected chi connectivity index (χ4v) is 2.56. The number of hydrogen-bond donors (Lipinski definition) is 2. The lowest BCUT2D eigenvalue weighted by Crippen LogP contribution is -2.26. The van der Waals surface area contributed by atoms with Crippen LogP contribution in [0.2, 0.25) is 5.02 Å². The van der Waals surface area contributed by atoms with Gasteiger partial charge in [0.25, 0.3) is 5.91 Å². The maximum atomic E-state index is 13.6. The Balaban J connectivity index is 1.48. The molecular weight excluding hydrogens is 367 g/mol. The van der Waals surface area contributed by atoms with Gasteiger partial charge in [0, 0.05) is 23.7 Å². The zero-order valence-electron chi connectivity index (χ0n) is 14.5. The second-order valence-electron chi connectivity index (χ2n) is 5.88. The number of anilines is 1. The Labute approximate surface area is 161 Å². The molecule has 0 saturated carbocycles. The summed E-state index contributed by atoms with van der Waals surface area (Å²) in [6.07, 6.45) is 0.693. The van der Waals surface area contributed by atoms with E-state index in [0.717, 1.165) is 5.56 Å². The predicted molar refractivity (Wildman–Crippen MR) is 103 cm³/mol. The first kappa shape index (κ1) is 18.8. The highest BCUT2D eigenvalue weighted by Crippen LogP contribution is 2.11. The Kier molecular flexibility index (Phi) is 6.33. The van der Waals surface area contributed by atoms with E-state index in [2.05, 4.69) is 20.8 Å². The van der Waals surface area contributed by atoms with Gasteiger partial charge >= 0.3 is 0 Å².